The highest BCUT2D eigenvalue weighted by atomic mass is 16.5. The molecular weight excluding hydrogens is 348 g/mol. The summed E-state index contributed by atoms with van der Waals surface area (Å²) in [5.41, 5.74) is 0.555. The minimum absolute atomic E-state index is 0.0350. The van der Waals surface area contributed by atoms with E-state index in [1.807, 2.05) is 0 Å². The van der Waals surface area contributed by atoms with E-state index < -0.39 is 6.10 Å². The Labute approximate surface area is 158 Å². The molecule has 0 bridgehead atoms. The molecule has 1 aromatic heterocycles. The van der Waals surface area contributed by atoms with Crippen LogP contribution < -0.4 is 14.8 Å². The van der Waals surface area contributed by atoms with E-state index in [4.69, 9.17) is 13.9 Å². The molecule has 27 heavy (non-hydrogen) atoms. The molecule has 2 heterocycles. The van der Waals surface area contributed by atoms with Gasteiger partial charge in [0.15, 0.2) is 6.10 Å². The van der Waals surface area contributed by atoms with Crippen molar-refractivity contribution in [3.63, 3.8) is 0 Å². The van der Waals surface area contributed by atoms with Crippen molar-refractivity contribution in [3.05, 3.63) is 48.4 Å². The molecule has 1 fully saturated rings. The van der Waals surface area contributed by atoms with Gasteiger partial charge in [-0.25, -0.2) is 0 Å². The number of methoxy groups -OCH3 is 1. The van der Waals surface area contributed by atoms with Crippen LogP contribution in [0.1, 0.15) is 30.1 Å². The highest BCUT2D eigenvalue weighted by molar-refractivity contribution is 5.93. The second-order valence-electron chi connectivity index (χ2n) is 6.52. The SMILES string of the molecule is COc1ccc(OC(C)C(=O)NC2CCN(C(=O)c3ccoc3)CC2)cc1. The maximum absolute atomic E-state index is 12.4. The normalized spacial score (nSPS) is 15.9. The Balaban J connectivity index is 1.45. The first-order chi connectivity index (χ1) is 13.1. The zero-order valence-corrected chi connectivity index (χ0v) is 15.5. The fraction of sp³-hybridized carbons (Fsp3) is 0.400. The number of amides is 2. The van der Waals surface area contributed by atoms with Gasteiger partial charge in [-0.3, -0.25) is 9.59 Å². The van der Waals surface area contributed by atoms with Crippen LogP contribution in [0.2, 0.25) is 0 Å². The first-order valence-corrected chi connectivity index (χ1v) is 8.99. The smallest absolute Gasteiger partial charge is 0.260 e. The minimum atomic E-state index is -0.607. The Morgan fingerprint density at radius 2 is 1.81 bits per heavy atom. The van der Waals surface area contributed by atoms with Crippen molar-refractivity contribution < 1.29 is 23.5 Å². The van der Waals surface area contributed by atoms with Gasteiger partial charge < -0.3 is 24.1 Å². The third-order valence-corrected chi connectivity index (χ3v) is 4.64. The van der Waals surface area contributed by atoms with Gasteiger partial charge in [0.05, 0.1) is 18.9 Å². The molecule has 1 aliphatic heterocycles. The van der Waals surface area contributed by atoms with Gasteiger partial charge in [0.25, 0.3) is 11.8 Å². The summed E-state index contributed by atoms with van der Waals surface area (Å²) in [6.45, 7) is 2.92. The van der Waals surface area contributed by atoms with Gasteiger partial charge >= 0.3 is 0 Å². The molecule has 2 aromatic rings. The van der Waals surface area contributed by atoms with E-state index in [2.05, 4.69) is 5.32 Å². The Hall–Kier alpha value is -2.96. The van der Waals surface area contributed by atoms with Crippen LogP contribution in [0.25, 0.3) is 0 Å². The topological polar surface area (TPSA) is 81.0 Å². The van der Waals surface area contributed by atoms with Crippen LogP contribution in [-0.2, 0) is 4.79 Å². The van der Waals surface area contributed by atoms with Crippen LogP contribution >= 0.6 is 0 Å². The van der Waals surface area contributed by atoms with Crippen LogP contribution in [0.5, 0.6) is 11.5 Å². The molecule has 1 unspecified atom stereocenters. The average molecular weight is 372 g/mol. The van der Waals surface area contributed by atoms with Crippen molar-refractivity contribution >= 4 is 11.8 Å². The van der Waals surface area contributed by atoms with E-state index in [1.165, 1.54) is 12.5 Å². The largest absolute Gasteiger partial charge is 0.497 e. The summed E-state index contributed by atoms with van der Waals surface area (Å²) in [5.74, 6) is 1.14. The Bertz CT molecular complexity index is 749. The molecule has 1 N–H and O–H groups in total. The molecule has 0 aliphatic carbocycles. The van der Waals surface area contributed by atoms with Gasteiger partial charge in [-0.1, -0.05) is 0 Å². The molecule has 7 nitrogen and oxygen atoms in total. The molecule has 3 rings (SSSR count). The van der Waals surface area contributed by atoms with Crippen molar-refractivity contribution in [2.75, 3.05) is 20.2 Å². The van der Waals surface area contributed by atoms with Crippen LogP contribution in [-0.4, -0.2) is 49.1 Å². The number of hydrogen-bond acceptors (Lipinski definition) is 5. The fourth-order valence-corrected chi connectivity index (χ4v) is 3.03. The van der Waals surface area contributed by atoms with Crippen molar-refractivity contribution in [3.8, 4) is 11.5 Å². The first kappa shape index (κ1) is 18.8. The third-order valence-electron chi connectivity index (χ3n) is 4.64. The van der Waals surface area contributed by atoms with E-state index >= 15 is 0 Å². The quantitative estimate of drug-likeness (QED) is 0.843. The molecule has 1 aromatic carbocycles. The maximum atomic E-state index is 12.4. The van der Waals surface area contributed by atoms with E-state index in [1.54, 1.807) is 49.3 Å². The number of nitrogens with one attached hydrogen (secondary N) is 1. The molecule has 0 spiro atoms. The number of hydrogen-bond donors (Lipinski definition) is 1. The average Bonchev–Trinajstić information content (AvgIpc) is 3.23. The van der Waals surface area contributed by atoms with Crippen molar-refractivity contribution in [2.24, 2.45) is 0 Å². The van der Waals surface area contributed by atoms with Crippen molar-refractivity contribution in [1.29, 1.82) is 0 Å². The summed E-state index contributed by atoms with van der Waals surface area (Å²) >= 11 is 0. The third kappa shape index (κ3) is 4.81. The minimum Gasteiger partial charge on any atom is -0.497 e. The number of carbonyl (C=O) groups is 2. The Morgan fingerprint density at radius 3 is 2.41 bits per heavy atom. The molecular formula is C20H24N2O5. The van der Waals surface area contributed by atoms with Gasteiger partial charge in [-0.05, 0) is 50.1 Å². The Morgan fingerprint density at radius 1 is 1.15 bits per heavy atom. The van der Waals surface area contributed by atoms with E-state index in [0.29, 0.717) is 37.2 Å². The van der Waals surface area contributed by atoms with Crippen LogP contribution in [0.3, 0.4) is 0 Å². The van der Waals surface area contributed by atoms with Crippen molar-refractivity contribution in [2.45, 2.75) is 31.9 Å². The zero-order chi connectivity index (χ0) is 19.2. The molecule has 7 heteroatoms. The summed E-state index contributed by atoms with van der Waals surface area (Å²) in [4.78, 5) is 26.5. The van der Waals surface area contributed by atoms with Gasteiger partial charge in [0.2, 0.25) is 0 Å². The lowest BCUT2D eigenvalue weighted by atomic mass is 10.0. The molecule has 1 saturated heterocycles. The maximum Gasteiger partial charge on any atom is 0.260 e. The number of piperidine rings is 1. The lowest BCUT2D eigenvalue weighted by Crippen LogP contribution is -2.49. The van der Waals surface area contributed by atoms with Crippen LogP contribution in [0.4, 0.5) is 0 Å². The molecule has 144 valence electrons. The van der Waals surface area contributed by atoms with Gasteiger partial charge in [-0.15, -0.1) is 0 Å². The monoisotopic (exact) mass is 372 g/mol. The lowest BCUT2D eigenvalue weighted by molar-refractivity contribution is -0.128. The Kier molecular flexibility index (Phi) is 6.01. The second-order valence-corrected chi connectivity index (χ2v) is 6.52. The number of benzene rings is 1. The first-order valence-electron chi connectivity index (χ1n) is 8.99. The molecule has 1 aliphatic rings. The van der Waals surface area contributed by atoms with Crippen LogP contribution in [0, 0.1) is 0 Å². The second kappa shape index (κ2) is 8.62. The summed E-state index contributed by atoms with van der Waals surface area (Å²) in [5, 5.41) is 3.01. The van der Waals surface area contributed by atoms with Gasteiger partial charge in [-0.2, -0.15) is 0 Å². The lowest BCUT2D eigenvalue weighted by Gasteiger charge is -2.32. The fourth-order valence-electron chi connectivity index (χ4n) is 3.03. The van der Waals surface area contributed by atoms with Gasteiger partial charge in [0, 0.05) is 19.1 Å². The molecule has 2 amide bonds. The highest BCUT2D eigenvalue weighted by Crippen LogP contribution is 2.19. The summed E-state index contributed by atoms with van der Waals surface area (Å²) in [7, 11) is 1.60. The predicted molar refractivity (Wildman–Crippen MR) is 98.9 cm³/mol. The van der Waals surface area contributed by atoms with E-state index in [-0.39, 0.29) is 17.9 Å². The number of furan rings is 1. The molecule has 0 saturated carbocycles. The van der Waals surface area contributed by atoms with Crippen molar-refractivity contribution in [1.82, 2.24) is 10.2 Å². The van der Waals surface area contributed by atoms with Gasteiger partial charge in [0.1, 0.15) is 17.8 Å². The number of nitrogens with zero attached hydrogens (tertiary/aromatic N) is 1. The number of ether oxygens (including phenoxy) is 2. The van der Waals surface area contributed by atoms with E-state index in [0.717, 1.165) is 5.75 Å². The van der Waals surface area contributed by atoms with Crippen LogP contribution in [0.15, 0.2) is 47.3 Å². The highest BCUT2D eigenvalue weighted by Gasteiger charge is 2.26. The summed E-state index contributed by atoms with van der Waals surface area (Å²) in [6.07, 6.45) is 3.76. The molecule has 1 atom stereocenters. The summed E-state index contributed by atoms with van der Waals surface area (Å²) < 4.78 is 15.7. The zero-order valence-electron chi connectivity index (χ0n) is 15.5. The summed E-state index contributed by atoms with van der Waals surface area (Å²) in [6, 6.07) is 8.80. The molecule has 0 radical (unpaired) electrons. The number of likely N-dealkylation sites (tertiary alicyclic amines) is 1. The number of rotatable bonds is 6. The van der Waals surface area contributed by atoms with E-state index in [9.17, 15) is 9.59 Å². The predicted octanol–water partition coefficient (Wildman–Crippen LogP) is 2.48. The standard InChI is InChI=1S/C20H24N2O5/c1-14(27-18-5-3-17(25-2)4-6-18)19(23)21-16-7-10-22(11-8-16)20(24)15-9-12-26-13-15/h3-6,9,12-14,16H,7-8,10-11H2,1-2H3,(H,21,23). The number of carbonyl (C=O) groups excluding carboxylic acids is 2.